The van der Waals surface area contributed by atoms with Gasteiger partial charge in [-0.15, -0.1) is 0 Å². The van der Waals surface area contributed by atoms with E-state index in [2.05, 4.69) is 0 Å². The summed E-state index contributed by atoms with van der Waals surface area (Å²) in [4.78, 5) is 0. The molecule has 0 atom stereocenters. The van der Waals surface area contributed by atoms with Crippen LogP contribution in [0.2, 0.25) is 0 Å². The van der Waals surface area contributed by atoms with E-state index in [0.29, 0.717) is 25.2 Å². The third kappa shape index (κ3) is 2.05. The third-order valence-corrected chi connectivity index (χ3v) is 4.75. The topological polar surface area (TPSA) is 63.4 Å². The van der Waals surface area contributed by atoms with Crippen LogP contribution in [-0.4, -0.2) is 18.5 Å². The maximum Gasteiger partial charge on any atom is 0.214 e. The highest BCUT2D eigenvalue weighted by Crippen LogP contribution is 2.27. The van der Waals surface area contributed by atoms with Gasteiger partial charge in [0.1, 0.15) is 0 Å². The molecule has 0 aromatic heterocycles. The van der Waals surface area contributed by atoms with Gasteiger partial charge in [0.05, 0.1) is 5.75 Å². The Morgan fingerprint density at radius 2 is 2.00 bits per heavy atom. The monoisotopic (exact) mass is 240 g/mol. The summed E-state index contributed by atoms with van der Waals surface area (Å²) in [5.74, 6) is 0.219. The van der Waals surface area contributed by atoms with Gasteiger partial charge >= 0.3 is 0 Å². The van der Waals surface area contributed by atoms with E-state index in [1.165, 1.54) is 4.31 Å². The Bertz CT molecular complexity index is 497. The van der Waals surface area contributed by atoms with Crippen molar-refractivity contribution >= 4 is 15.7 Å². The number of benzene rings is 1. The molecule has 2 rings (SSSR count). The molecule has 0 radical (unpaired) electrons. The second-order valence-corrected chi connectivity index (χ2v) is 6.20. The van der Waals surface area contributed by atoms with E-state index in [-0.39, 0.29) is 5.75 Å². The summed E-state index contributed by atoms with van der Waals surface area (Å²) in [6.45, 7) is 2.82. The molecule has 0 spiro atoms. The van der Waals surface area contributed by atoms with E-state index in [9.17, 15) is 8.42 Å². The van der Waals surface area contributed by atoms with Crippen molar-refractivity contribution < 1.29 is 8.42 Å². The lowest BCUT2D eigenvalue weighted by Crippen LogP contribution is -2.27. The SMILES string of the molecule is CCCS(=O)(=O)N1Cc2ccc(N)cc2C1. The molecule has 1 aromatic carbocycles. The first-order valence-corrected chi connectivity index (χ1v) is 6.99. The molecule has 0 saturated heterocycles. The van der Waals surface area contributed by atoms with Crippen LogP contribution < -0.4 is 5.73 Å². The van der Waals surface area contributed by atoms with E-state index < -0.39 is 10.0 Å². The molecular formula is C11H16N2O2S. The zero-order valence-electron chi connectivity index (χ0n) is 9.31. The largest absolute Gasteiger partial charge is 0.399 e. The number of hydrogen-bond acceptors (Lipinski definition) is 3. The smallest absolute Gasteiger partial charge is 0.214 e. The molecule has 1 heterocycles. The second kappa shape index (κ2) is 4.07. The molecule has 1 aliphatic heterocycles. The Kier molecular flexibility index (Phi) is 2.90. The van der Waals surface area contributed by atoms with Gasteiger partial charge in [-0.1, -0.05) is 13.0 Å². The van der Waals surface area contributed by atoms with Crippen LogP contribution in [0.3, 0.4) is 0 Å². The molecule has 5 heteroatoms. The summed E-state index contributed by atoms with van der Waals surface area (Å²) in [5, 5.41) is 0. The van der Waals surface area contributed by atoms with Crippen LogP contribution in [0.5, 0.6) is 0 Å². The fourth-order valence-corrected chi connectivity index (χ4v) is 3.41. The minimum Gasteiger partial charge on any atom is -0.399 e. The lowest BCUT2D eigenvalue weighted by atomic mass is 10.1. The minimum absolute atomic E-state index is 0.219. The number of anilines is 1. The van der Waals surface area contributed by atoms with Crippen LogP contribution in [0.4, 0.5) is 5.69 Å². The van der Waals surface area contributed by atoms with Crippen molar-refractivity contribution in [3.63, 3.8) is 0 Å². The van der Waals surface area contributed by atoms with Gasteiger partial charge in [0.15, 0.2) is 0 Å². The maximum absolute atomic E-state index is 11.9. The number of fused-ring (bicyclic) bond motifs is 1. The molecule has 0 fully saturated rings. The molecule has 0 aliphatic carbocycles. The van der Waals surface area contributed by atoms with Crippen molar-refractivity contribution in [1.29, 1.82) is 0 Å². The summed E-state index contributed by atoms with van der Waals surface area (Å²) in [5.41, 5.74) is 8.46. The standard InChI is InChI=1S/C11H16N2O2S/c1-2-5-16(14,15)13-7-9-3-4-11(12)6-10(9)8-13/h3-4,6H,2,5,7-8,12H2,1H3. The number of nitrogen functional groups attached to an aromatic ring is 1. The zero-order valence-corrected chi connectivity index (χ0v) is 10.1. The molecule has 1 aliphatic rings. The van der Waals surface area contributed by atoms with Gasteiger partial charge in [-0.25, -0.2) is 8.42 Å². The van der Waals surface area contributed by atoms with Crippen molar-refractivity contribution in [3.05, 3.63) is 29.3 Å². The summed E-state index contributed by atoms with van der Waals surface area (Å²) >= 11 is 0. The summed E-state index contributed by atoms with van der Waals surface area (Å²) in [6.07, 6.45) is 0.650. The first kappa shape index (κ1) is 11.4. The van der Waals surface area contributed by atoms with Crippen LogP contribution in [-0.2, 0) is 23.1 Å². The van der Waals surface area contributed by atoms with E-state index in [4.69, 9.17) is 5.73 Å². The molecule has 0 saturated carbocycles. The molecule has 0 unspecified atom stereocenters. The molecule has 0 bridgehead atoms. The van der Waals surface area contributed by atoms with Crippen molar-refractivity contribution in [2.45, 2.75) is 26.4 Å². The lowest BCUT2D eigenvalue weighted by molar-refractivity contribution is 0.431. The summed E-state index contributed by atoms with van der Waals surface area (Å²) in [6, 6.07) is 5.58. The second-order valence-electron chi connectivity index (χ2n) is 4.11. The van der Waals surface area contributed by atoms with Gasteiger partial charge in [-0.05, 0) is 29.7 Å². The Morgan fingerprint density at radius 3 is 2.69 bits per heavy atom. The summed E-state index contributed by atoms with van der Waals surface area (Å²) in [7, 11) is -3.10. The van der Waals surface area contributed by atoms with Crippen LogP contribution in [0.1, 0.15) is 24.5 Å². The average Bonchev–Trinajstić information content (AvgIpc) is 2.61. The quantitative estimate of drug-likeness (QED) is 0.811. The highest BCUT2D eigenvalue weighted by Gasteiger charge is 2.28. The van der Waals surface area contributed by atoms with Gasteiger partial charge in [0.25, 0.3) is 0 Å². The number of hydrogen-bond donors (Lipinski definition) is 1. The van der Waals surface area contributed by atoms with Crippen LogP contribution >= 0.6 is 0 Å². The number of sulfonamides is 1. The Morgan fingerprint density at radius 1 is 1.31 bits per heavy atom. The lowest BCUT2D eigenvalue weighted by Gasteiger charge is -2.14. The van der Waals surface area contributed by atoms with Gasteiger partial charge in [-0.2, -0.15) is 4.31 Å². The predicted molar refractivity (Wildman–Crippen MR) is 64.2 cm³/mol. The first-order valence-electron chi connectivity index (χ1n) is 5.38. The predicted octanol–water partition coefficient (Wildman–Crippen LogP) is 1.32. The minimum atomic E-state index is -3.10. The zero-order chi connectivity index (χ0) is 11.8. The Labute approximate surface area is 96.1 Å². The summed E-state index contributed by atoms with van der Waals surface area (Å²) < 4.78 is 25.3. The fraction of sp³-hybridized carbons (Fsp3) is 0.455. The van der Waals surface area contributed by atoms with Crippen molar-refractivity contribution in [3.8, 4) is 0 Å². The Balaban J connectivity index is 2.23. The normalized spacial score (nSPS) is 16.3. The van der Waals surface area contributed by atoms with E-state index in [1.807, 2.05) is 25.1 Å². The van der Waals surface area contributed by atoms with E-state index in [0.717, 1.165) is 11.1 Å². The highest BCUT2D eigenvalue weighted by atomic mass is 32.2. The molecule has 0 amide bonds. The third-order valence-electron chi connectivity index (χ3n) is 2.78. The van der Waals surface area contributed by atoms with Crippen molar-refractivity contribution in [1.82, 2.24) is 4.31 Å². The van der Waals surface area contributed by atoms with Crippen LogP contribution in [0.25, 0.3) is 0 Å². The highest BCUT2D eigenvalue weighted by molar-refractivity contribution is 7.89. The van der Waals surface area contributed by atoms with Crippen LogP contribution in [0, 0.1) is 0 Å². The molecular weight excluding hydrogens is 224 g/mol. The van der Waals surface area contributed by atoms with Gasteiger partial charge in [-0.3, -0.25) is 0 Å². The molecule has 88 valence electrons. The Hall–Kier alpha value is -1.07. The van der Waals surface area contributed by atoms with Gasteiger partial charge < -0.3 is 5.73 Å². The maximum atomic E-state index is 11.9. The number of nitrogens with zero attached hydrogens (tertiary/aromatic N) is 1. The van der Waals surface area contributed by atoms with Gasteiger partial charge in [0, 0.05) is 18.8 Å². The molecule has 1 aromatic rings. The molecule has 16 heavy (non-hydrogen) atoms. The van der Waals surface area contributed by atoms with E-state index >= 15 is 0 Å². The van der Waals surface area contributed by atoms with Crippen molar-refractivity contribution in [2.75, 3.05) is 11.5 Å². The van der Waals surface area contributed by atoms with E-state index in [1.54, 1.807) is 0 Å². The van der Waals surface area contributed by atoms with Crippen molar-refractivity contribution in [2.24, 2.45) is 0 Å². The average molecular weight is 240 g/mol. The van der Waals surface area contributed by atoms with Crippen LogP contribution in [0.15, 0.2) is 18.2 Å². The fourth-order valence-electron chi connectivity index (χ4n) is 1.97. The molecule has 2 N–H and O–H groups in total. The number of nitrogens with two attached hydrogens (primary N) is 1. The number of rotatable bonds is 3. The molecule has 4 nitrogen and oxygen atoms in total. The first-order chi connectivity index (χ1) is 7.53. The van der Waals surface area contributed by atoms with Gasteiger partial charge in [0.2, 0.25) is 10.0 Å².